The number of nitrogens with zero attached hydrogens (tertiary/aromatic N) is 3. The summed E-state index contributed by atoms with van der Waals surface area (Å²) in [5, 5.41) is 6.79. The van der Waals surface area contributed by atoms with Gasteiger partial charge >= 0.3 is 0 Å². The van der Waals surface area contributed by atoms with Crippen LogP contribution < -0.4 is 5.32 Å². The maximum Gasteiger partial charge on any atom is 0.193 e. The molecule has 1 aliphatic rings. The van der Waals surface area contributed by atoms with Crippen LogP contribution >= 0.6 is 35.3 Å². The van der Waals surface area contributed by atoms with Crippen molar-refractivity contribution in [1.29, 1.82) is 0 Å². The van der Waals surface area contributed by atoms with Crippen molar-refractivity contribution in [2.24, 2.45) is 10.9 Å². The van der Waals surface area contributed by atoms with Crippen molar-refractivity contribution in [1.82, 2.24) is 15.2 Å². The van der Waals surface area contributed by atoms with Crippen LogP contribution in [0.15, 0.2) is 10.4 Å². The maximum atomic E-state index is 5.43. The molecule has 0 bridgehead atoms. The minimum absolute atomic E-state index is 0. The highest BCUT2D eigenvalue weighted by atomic mass is 127. The van der Waals surface area contributed by atoms with Crippen LogP contribution in [-0.2, 0) is 17.6 Å². The van der Waals surface area contributed by atoms with E-state index in [1.165, 1.54) is 10.7 Å². The number of aliphatic imine (C=N–C) groups is 1. The van der Waals surface area contributed by atoms with Crippen LogP contribution in [0.25, 0.3) is 0 Å². The number of aromatic nitrogens is 1. The number of halogens is 1. The first-order chi connectivity index (χ1) is 10.2. The predicted molar refractivity (Wildman–Crippen MR) is 104 cm³/mol. The largest absolute Gasteiger partial charge is 0.381 e. The van der Waals surface area contributed by atoms with Crippen molar-refractivity contribution < 1.29 is 4.74 Å². The van der Waals surface area contributed by atoms with Crippen molar-refractivity contribution in [2.75, 3.05) is 40.4 Å². The van der Waals surface area contributed by atoms with E-state index in [-0.39, 0.29) is 24.0 Å². The van der Waals surface area contributed by atoms with Crippen LogP contribution in [0.2, 0.25) is 0 Å². The summed E-state index contributed by atoms with van der Waals surface area (Å²) in [6.07, 6.45) is 3.11. The Hall–Kier alpha value is -0.410. The molecule has 0 saturated carbocycles. The monoisotopic (exact) mass is 438 g/mol. The minimum Gasteiger partial charge on any atom is -0.381 e. The van der Waals surface area contributed by atoms with E-state index in [9.17, 15) is 0 Å². The molecule has 1 fully saturated rings. The normalized spacial score (nSPS) is 18.1. The third-order valence-electron chi connectivity index (χ3n) is 3.70. The Labute approximate surface area is 154 Å². The Morgan fingerprint density at radius 2 is 2.41 bits per heavy atom. The van der Waals surface area contributed by atoms with Crippen molar-refractivity contribution in [3.8, 4) is 0 Å². The molecule has 1 aliphatic heterocycles. The number of rotatable bonds is 6. The molecule has 0 spiro atoms. The van der Waals surface area contributed by atoms with E-state index in [1.807, 2.05) is 7.05 Å². The molecule has 1 N–H and O–H groups in total. The van der Waals surface area contributed by atoms with Gasteiger partial charge in [-0.3, -0.25) is 4.99 Å². The first kappa shape index (κ1) is 19.6. The molecule has 5 nitrogen and oxygen atoms in total. The number of thiazole rings is 1. The Bertz CT molecular complexity index is 460. The Balaban J connectivity index is 0.00000242. The zero-order valence-corrected chi connectivity index (χ0v) is 16.8. The van der Waals surface area contributed by atoms with Gasteiger partial charge in [-0.1, -0.05) is 6.92 Å². The van der Waals surface area contributed by atoms with Gasteiger partial charge < -0.3 is 15.0 Å². The van der Waals surface area contributed by atoms with Crippen LogP contribution in [-0.4, -0.2) is 56.2 Å². The molecular formula is C15H27IN4OS. The lowest BCUT2D eigenvalue weighted by Gasteiger charge is -2.24. The summed E-state index contributed by atoms with van der Waals surface area (Å²) in [6.45, 7) is 5.78. The average molecular weight is 438 g/mol. The highest BCUT2D eigenvalue weighted by molar-refractivity contribution is 14.0. The molecule has 1 unspecified atom stereocenters. The highest BCUT2D eigenvalue weighted by Gasteiger charge is 2.18. The third kappa shape index (κ3) is 6.00. The molecule has 0 amide bonds. The summed E-state index contributed by atoms with van der Waals surface area (Å²) < 4.78 is 5.43. The van der Waals surface area contributed by atoms with Crippen LogP contribution in [0.1, 0.15) is 24.0 Å². The predicted octanol–water partition coefficient (Wildman–Crippen LogP) is 2.41. The Kier molecular flexibility index (Phi) is 9.27. The van der Waals surface area contributed by atoms with E-state index in [1.54, 1.807) is 11.3 Å². The number of aryl methyl sites for hydroxylation is 1. The standard InChI is InChI=1S/C15H26N4OS.HI/c1-4-14-18-13(11-21-14)5-7-17-15(16-2)19(3)9-12-6-8-20-10-12;/h11-12H,4-10H2,1-3H3,(H,16,17);1H. The van der Waals surface area contributed by atoms with E-state index in [0.29, 0.717) is 5.92 Å². The van der Waals surface area contributed by atoms with E-state index < -0.39 is 0 Å². The molecule has 1 aromatic heterocycles. The number of hydrogen-bond acceptors (Lipinski definition) is 4. The summed E-state index contributed by atoms with van der Waals surface area (Å²) in [7, 11) is 3.92. The first-order valence-corrected chi connectivity index (χ1v) is 8.53. The van der Waals surface area contributed by atoms with E-state index in [2.05, 4.69) is 39.5 Å². The number of ether oxygens (including phenoxy) is 1. The zero-order valence-electron chi connectivity index (χ0n) is 13.7. The Morgan fingerprint density at radius 3 is 3.00 bits per heavy atom. The number of hydrogen-bond donors (Lipinski definition) is 1. The van der Waals surface area contributed by atoms with Gasteiger partial charge in [0, 0.05) is 51.5 Å². The summed E-state index contributed by atoms with van der Waals surface area (Å²) in [4.78, 5) is 11.1. The summed E-state index contributed by atoms with van der Waals surface area (Å²) in [6, 6.07) is 0. The van der Waals surface area contributed by atoms with Gasteiger partial charge in [-0.2, -0.15) is 0 Å². The molecule has 126 valence electrons. The van der Waals surface area contributed by atoms with E-state index in [4.69, 9.17) is 4.74 Å². The van der Waals surface area contributed by atoms with Gasteiger partial charge in [-0.05, 0) is 12.8 Å². The van der Waals surface area contributed by atoms with Gasteiger partial charge in [0.05, 0.1) is 17.3 Å². The minimum atomic E-state index is 0. The lowest BCUT2D eigenvalue weighted by molar-refractivity contribution is 0.181. The number of guanidine groups is 1. The van der Waals surface area contributed by atoms with Gasteiger partial charge in [-0.25, -0.2) is 4.98 Å². The summed E-state index contributed by atoms with van der Waals surface area (Å²) in [5.74, 6) is 1.58. The third-order valence-corrected chi connectivity index (χ3v) is 4.74. The molecule has 22 heavy (non-hydrogen) atoms. The number of nitrogens with one attached hydrogen (secondary N) is 1. The highest BCUT2D eigenvalue weighted by Crippen LogP contribution is 2.13. The molecule has 0 aromatic carbocycles. The molecular weight excluding hydrogens is 411 g/mol. The van der Waals surface area contributed by atoms with Gasteiger partial charge in [0.1, 0.15) is 0 Å². The van der Waals surface area contributed by atoms with Gasteiger partial charge in [0.25, 0.3) is 0 Å². The Morgan fingerprint density at radius 1 is 1.59 bits per heavy atom. The van der Waals surface area contributed by atoms with Crippen LogP contribution in [0, 0.1) is 5.92 Å². The summed E-state index contributed by atoms with van der Waals surface area (Å²) >= 11 is 1.75. The van der Waals surface area contributed by atoms with E-state index >= 15 is 0 Å². The van der Waals surface area contributed by atoms with Crippen LogP contribution in [0.5, 0.6) is 0 Å². The molecule has 2 heterocycles. The fourth-order valence-electron chi connectivity index (χ4n) is 2.51. The lowest BCUT2D eigenvalue weighted by atomic mass is 10.1. The fraction of sp³-hybridized carbons (Fsp3) is 0.733. The second kappa shape index (κ2) is 10.4. The molecule has 1 saturated heterocycles. The topological polar surface area (TPSA) is 49.8 Å². The van der Waals surface area contributed by atoms with Gasteiger partial charge in [-0.15, -0.1) is 35.3 Å². The van der Waals surface area contributed by atoms with Crippen molar-refractivity contribution in [3.63, 3.8) is 0 Å². The second-order valence-corrected chi connectivity index (χ2v) is 6.36. The van der Waals surface area contributed by atoms with Gasteiger partial charge in [0.15, 0.2) is 5.96 Å². The van der Waals surface area contributed by atoms with Gasteiger partial charge in [0.2, 0.25) is 0 Å². The molecule has 2 rings (SSSR count). The molecule has 0 radical (unpaired) electrons. The van der Waals surface area contributed by atoms with Crippen molar-refractivity contribution in [3.05, 3.63) is 16.1 Å². The quantitative estimate of drug-likeness (QED) is 0.421. The lowest BCUT2D eigenvalue weighted by Crippen LogP contribution is -2.42. The smallest absolute Gasteiger partial charge is 0.193 e. The maximum absolute atomic E-state index is 5.43. The molecule has 1 atom stereocenters. The summed E-state index contributed by atoms with van der Waals surface area (Å²) in [5.41, 5.74) is 1.17. The van der Waals surface area contributed by atoms with Crippen LogP contribution in [0.4, 0.5) is 0 Å². The molecule has 1 aromatic rings. The SMILES string of the molecule is CCc1nc(CCNC(=NC)N(C)CC2CCOC2)cs1.I. The molecule has 0 aliphatic carbocycles. The molecule has 7 heteroatoms. The first-order valence-electron chi connectivity index (χ1n) is 7.65. The van der Waals surface area contributed by atoms with Crippen molar-refractivity contribution in [2.45, 2.75) is 26.2 Å². The van der Waals surface area contributed by atoms with E-state index in [0.717, 1.165) is 51.5 Å². The van der Waals surface area contributed by atoms with Crippen molar-refractivity contribution >= 4 is 41.3 Å². The second-order valence-electron chi connectivity index (χ2n) is 5.42. The fourth-order valence-corrected chi connectivity index (χ4v) is 3.29. The zero-order chi connectivity index (χ0) is 15.1. The average Bonchev–Trinajstić information content (AvgIpc) is 3.14. The van der Waals surface area contributed by atoms with Crippen LogP contribution in [0.3, 0.4) is 0 Å².